The third-order valence-corrected chi connectivity index (χ3v) is 9.07. The van der Waals surface area contributed by atoms with Gasteiger partial charge >= 0.3 is 0 Å². The zero-order chi connectivity index (χ0) is 29.4. The number of benzene rings is 9. The smallest absolute Gasteiger partial charge is 0.116 e. The second-order valence-corrected chi connectivity index (χ2v) is 11.7. The molecule has 0 amide bonds. The minimum absolute atomic E-state index is 0.272. The molecule has 0 saturated heterocycles. The van der Waals surface area contributed by atoms with Crippen molar-refractivity contribution in [1.29, 1.82) is 0 Å². The van der Waals surface area contributed by atoms with Crippen LogP contribution in [0.4, 0.5) is 0 Å². The number of rotatable bonds is 2. The van der Waals surface area contributed by atoms with Crippen molar-refractivity contribution in [1.82, 2.24) is 0 Å². The van der Waals surface area contributed by atoms with Gasteiger partial charge in [0.15, 0.2) is 0 Å². The summed E-state index contributed by atoms with van der Waals surface area (Å²) >= 11 is 0. The highest BCUT2D eigenvalue weighted by atomic mass is 16.3. The second-order valence-electron chi connectivity index (χ2n) is 11.7. The lowest BCUT2D eigenvalue weighted by molar-refractivity contribution is 0.475. The summed E-state index contributed by atoms with van der Waals surface area (Å²) in [5, 5.41) is 34.0. The predicted molar refractivity (Wildman–Crippen MR) is 186 cm³/mol. The van der Waals surface area contributed by atoms with Gasteiger partial charge in [-0.25, -0.2) is 0 Å². The number of hydrogen-bond donors (Lipinski definition) is 2. The summed E-state index contributed by atoms with van der Waals surface area (Å²) in [6, 6.07) is 50.7. The summed E-state index contributed by atoms with van der Waals surface area (Å²) < 4.78 is 0. The summed E-state index contributed by atoms with van der Waals surface area (Å²) in [6.45, 7) is 0. The molecule has 0 radical (unpaired) electrons. The van der Waals surface area contributed by atoms with Crippen molar-refractivity contribution in [2.45, 2.75) is 0 Å². The van der Waals surface area contributed by atoms with Crippen LogP contribution < -0.4 is 0 Å². The van der Waals surface area contributed by atoms with Crippen LogP contribution >= 0.6 is 0 Å². The molecule has 0 aliphatic rings. The predicted octanol–water partition coefficient (Wildman–Crippen LogP) is 11.4. The molecule has 0 aromatic heterocycles. The molecule has 0 heterocycles. The van der Waals surface area contributed by atoms with Crippen LogP contribution in [-0.2, 0) is 0 Å². The molecule has 44 heavy (non-hydrogen) atoms. The summed E-state index contributed by atoms with van der Waals surface area (Å²) in [7, 11) is 0. The molecule has 0 aliphatic carbocycles. The van der Waals surface area contributed by atoms with Gasteiger partial charge in [0, 0.05) is 0 Å². The van der Waals surface area contributed by atoms with Gasteiger partial charge in [0.2, 0.25) is 0 Å². The molecular formula is C42H26O2. The quantitative estimate of drug-likeness (QED) is 0.206. The summed E-state index contributed by atoms with van der Waals surface area (Å²) in [5.41, 5.74) is 4.69. The van der Waals surface area contributed by atoms with Gasteiger partial charge in [-0.2, -0.15) is 0 Å². The Morgan fingerprint density at radius 1 is 0.273 bits per heavy atom. The van der Waals surface area contributed by atoms with Gasteiger partial charge in [0.25, 0.3) is 0 Å². The Morgan fingerprint density at radius 2 is 0.568 bits per heavy atom. The Morgan fingerprint density at radius 3 is 0.932 bits per heavy atom. The van der Waals surface area contributed by atoms with Crippen molar-refractivity contribution in [3.05, 3.63) is 146 Å². The van der Waals surface area contributed by atoms with Crippen LogP contribution in [0, 0.1) is 0 Å². The van der Waals surface area contributed by atoms with Crippen molar-refractivity contribution in [3.63, 3.8) is 0 Å². The fourth-order valence-corrected chi connectivity index (χ4v) is 7.00. The molecule has 206 valence electrons. The van der Waals surface area contributed by atoms with Crippen molar-refractivity contribution in [3.8, 4) is 33.8 Å². The molecule has 9 aromatic rings. The minimum Gasteiger partial charge on any atom is -0.508 e. The Labute approximate surface area is 253 Å². The third kappa shape index (κ3) is 3.82. The van der Waals surface area contributed by atoms with Crippen LogP contribution in [0.25, 0.3) is 86.9 Å². The first-order valence-corrected chi connectivity index (χ1v) is 14.9. The van der Waals surface area contributed by atoms with Crippen molar-refractivity contribution in [2.24, 2.45) is 0 Å². The van der Waals surface area contributed by atoms with E-state index in [2.05, 4.69) is 109 Å². The molecule has 0 fully saturated rings. The van der Waals surface area contributed by atoms with Gasteiger partial charge in [0.1, 0.15) is 11.5 Å². The maximum atomic E-state index is 10.1. The molecule has 0 bridgehead atoms. The summed E-state index contributed by atoms with van der Waals surface area (Å²) in [6.07, 6.45) is 0. The van der Waals surface area contributed by atoms with Crippen LogP contribution in [0.15, 0.2) is 146 Å². The Hall–Kier alpha value is -5.86. The Kier molecular flexibility index (Phi) is 5.24. The van der Waals surface area contributed by atoms with E-state index < -0.39 is 0 Å². The fraction of sp³-hybridized carbons (Fsp3) is 0. The van der Waals surface area contributed by atoms with E-state index in [4.69, 9.17) is 0 Å². The summed E-state index contributed by atoms with van der Waals surface area (Å²) in [4.78, 5) is 0. The third-order valence-electron chi connectivity index (χ3n) is 9.07. The molecule has 0 spiro atoms. The molecule has 0 saturated carbocycles. The lowest BCUT2D eigenvalue weighted by Gasteiger charge is -2.20. The lowest BCUT2D eigenvalue weighted by Crippen LogP contribution is -1.92. The number of hydrogen-bond acceptors (Lipinski definition) is 2. The van der Waals surface area contributed by atoms with Gasteiger partial charge in [-0.1, -0.05) is 84.9 Å². The van der Waals surface area contributed by atoms with E-state index in [1.54, 1.807) is 12.1 Å². The Balaban J connectivity index is 1.49. The average Bonchev–Trinajstić information content (AvgIpc) is 3.05. The van der Waals surface area contributed by atoms with Crippen molar-refractivity contribution in [2.75, 3.05) is 0 Å². The molecule has 2 heteroatoms. The van der Waals surface area contributed by atoms with Gasteiger partial charge in [-0.05, 0) is 148 Å². The van der Waals surface area contributed by atoms with Crippen LogP contribution in [0.2, 0.25) is 0 Å². The normalized spacial score (nSPS) is 11.8. The standard InChI is InChI=1S/C42H26O2/c43-35-15-13-29-17-33(11-9-31(29)19-35)41-37-21-25-5-1-2-6-26(25)22-38(37)42(34-12-10-32-20-36(44)16-14-30(32)18-34)40-24-28-8-4-3-7-27(28)23-39(40)41/h1-24,43-44H. The maximum Gasteiger partial charge on any atom is 0.116 e. The molecule has 0 unspecified atom stereocenters. The SMILES string of the molecule is Oc1ccc2cc(-c3c4cc5ccccc5cc4c(-c4ccc5cc(O)ccc5c4)c4cc5ccccc5cc34)ccc2c1. The first kappa shape index (κ1) is 24.7. The van der Waals surface area contributed by atoms with Gasteiger partial charge < -0.3 is 10.2 Å². The largest absolute Gasteiger partial charge is 0.508 e. The first-order chi connectivity index (χ1) is 21.6. The Bertz CT molecular complexity index is 2350. The topological polar surface area (TPSA) is 40.5 Å². The molecule has 2 N–H and O–H groups in total. The average molecular weight is 563 g/mol. The maximum absolute atomic E-state index is 10.1. The van der Waals surface area contributed by atoms with E-state index >= 15 is 0 Å². The monoisotopic (exact) mass is 562 g/mol. The van der Waals surface area contributed by atoms with Crippen LogP contribution in [0.3, 0.4) is 0 Å². The van der Waals surface area contributed by atoms with E-state index in [1.807, 2.05) is 24.3 Å². The molecule has 0 aliphatic heterocycles. The van der Waals surface area contributed by atoms with E-state index in [-0.39, 0.29) is 11.5 Å². The minimum atomic E-state index is 0.272. The molecule has 2 nitrogen and oxygen atoms in total. The van der Waals surface area contributed by atoms with E-state index in [0.717, 1.165) is 32.7 Å². The number of aromatic hydroxyl groups is 2. The van der Waals surface area contributed by atoms with Gasteiger partial charge in [-0.15, -0.1) is 0 Å². The van der Waals surface area contributed by atoms with Crippen LogP contribution in [-0.4, -0.2) is 10.2 Å². The zero-order valence-electron chi connectivity index (χ0n) is 23.8. The highest BCUT2D eigenvalue weighted by Crippen LogP contribution is 2.47. The molecular weight excluding hydrogens is 536 g/mol. The number of phenols is 2. The highest BCUT2D eigenvalue weighted by molar-refractivity contribution is 6.26. The molecule has 0 atom stereocenters. The van der Waals surface area contributed by atoms with Crippen LogP contribution in [0.5, 0.6) is 11.5 Å². The van der Waals surface area contributed by atoms with Crippen molar-refractivity contribution < 1.29 is 10.2 Å². The lowest BCUT2D eigenvalue weighted by atomic mass is 9.83. The highest BCUT2D eigenvalue weighted by Gasteiger charge is 2.19. The first-order valence-electron chi connectivity index (χ1n) is 14.9. The number of phenolic OH excluding ortho intramolecular Hbond substituents is 2. The van der Waals surface area contributed by atoms with Gasteiger partial charge in [0.05, 0.1) is 0 Å². The second kappa shape index (κ2) is 9.32. The van der Waals surface area contributed by atoms with E-state index in [9.17, 15) is 10.2 Å². The molecule has 9 rings (SSSR count). The fourth-order valence-electron chi connectivity index (χ4n) is 7.00. The molecule has 9 aromatic carbocycles. The van der Waals surface area contributed by atoms with E-state index in [1.165, 1.54) is 54.2 Å². The van der Waals surface area contributed by atoms with E-state index in [0.29, 0.717) is 0 Å². The van der Waals surface area contributed by atoms with Crippen molar-refractivity contribution >= 4 is 64.6 Å². The summed E-state index contributed by atoms with van der Waals surface area (Å²) in [5.74, 6) is 0.545. The van der Waals surface area contributed by atoms with Crippen LogP contribution in [0.1, 0.15) is 0 Å². The van der Waals surface area contributed by atoms with Gasteiger partial charge in [-0.3, -0.25) is 0 Å². The number of fused-ring (bicyclic) bond motifs is 6. The zero-order valence-corrected chi connectivity index (χ0v) is 23.8.